The molecule has 0 fully saturated rings. The van der Waals surface area contributed by atoms with Crippen molar-refractivity contribution in [1.82, 2.24) is 5.32 Å². The number of allylic oxidation sites excluding steroid dienone is 4. The molecule has 0 spiro atoms. The Bertz CT molecular complexity index is 1090. The third kappa shape index (κ3) is 48.9. The van der Waals surface area contributed by atoms with E-state index < -0.39 is 20.0 Å². The molecule has 0 aliphatic rings. The molecule has 0 saturated heterocycles. The van der Waals surface area contributed by atoms with E-state index in [4.69, 9.17) is 9.05 Å². The van der Waals surface area contributed by atoms with Gasteiger partial charge in [0.2, 0.25) is 5.91 Å². The Labute approximate surface area is 398 Å². The van der Waals surface area contributed by atoms with Gasteiger partial charge in [0.15, 0.2) is 0 Å². The summed E-state index contributed by atoms with van der Waals surface area (Å²) in [6, 6.07) is -0.796. The summed E-state index contributed by atoms with van der Waals surface area (Å²) >= 11 is 0. The largest absolute Gasteiger partial charge is 0.756 e. The third-order valence-corrected chi connectivity index (χ3v) is 13.7. The molecule has 3 atom stereocenters. The number of quaternary nitrogens is 1. The molecule has 64 heavy (non-hydrogen) atoms. The highest BCUT2D eigenvalue weighted by molar-refractivity contribution is 7.45. The van der Waals surface area contributed by atoms with Gasteiger partial charge in [-0.05, 0) is 44.9 Å². The number of amides is 1. The number of aliphatic hydroxyl groups is 1. The molecule has 0 saturated carbocycles. The summed E-state index contributed by atoms with van der Waals surface area (Å²) in [6.45, 7) is 4.71. The third-order valence-electron chi connectivity index (χ3n) is 12.7. The number of unbranched alkanes of at least 4 members (excludes halogenated alkanes) is 34. The molecule has 0 bridgehead atoms. The lowest BCUT2D eigenvalue weighted by Gasteiger charge is -2.30. The second-order valence-electron chi connectivity index (χ2n) is 20.3. The summed E-state index contributed by atoms with van der Waals surface area (Å²) in [5, 5.41) is 13.9. The highest BCUT2D eigenvalue weighted by atomic mass is 31.2. The van der Waals surface area contributed by atoms with Gasteiger partial charge in [0.25, 0.3) is 7.82 Å². The number of hydrogen-bond donors (Lipinski definition) is 2. The van der Waals surface area contributed by atoms with Gasteiger partial charge >= 0.3 is 0 Å². The van der Waals surface area contributed by atoms with Crippen LogP contribution in [0.2, 0.25) is 0 Å². The van der Waals surface area contributed by atoms with Crippen LogP contribution in [0, 0.1) is 0 Å². The summed E-state index contributed by atoms with van der Waals surface area (Å²) in [5.74, 6) is -0.164. The monoisotopic (exact) mass is 925 g/mol. The van der Waals surface area contributed by atoms with E-state index in [0.717, 1.165) is 44.9 Å². The minimum absolute atomic E-state index is 0.0137. The van der Waals surface area contributed by atoms with Crippen molar-refractivity contribution in [3.63, 3.8) is 0 Å². The fourth-order valence-electron chi connectivity index (χ4n) is 8.31. The first kappa shape index (κ1) is 63.0. The van der Waals surface area contributed by atoms with E-state index in [1.54, 1.807) is 0 Å². The topological polar surface area (TPSA) is 108 Å². The summed E-state index contributed by atoms with van der Waals surface area (Å²) in [7, 11) is 1.31. The van der Waals surface area contributed by atoms with E-state index in [1.165, 1.54) is 199 Å². The molecule has 0 aromatic rings. The van der Waals surface area contributed by atoms with Crippen molar-refractivity contribution in [2.45, 2.75) is 283 Å². The molecule has 1 amide bonds. The van der Waals surface area contributed by atoms with Crippen LogP contribution in [-0.2, 0) is 18.4 Å². The fraction of sp³-hybridized carbons (Fsp3) is 0.909. The predicted molar refractivity (Wildman–Crippen MR) is 275 cm³/mol. The molecular formula is C55H109N2O6P. The molecule has 0 aromatic carbocycles. The summed E-state index contributed by atoms with van der Waals surface area (Å²) in [6.07, 6.45) is 58.1. The van der Waals surface area contributed by atoms with Crippen LogP contribution in [0.1, 0.15) is 271 Å². The molecule has 380 valence electrons. The Morgan fingerprint density at radius 3 is 1.30 bits per heavy atom. The molecule has 0 aromatic heterocycles. The molecule has 3 unspecified atom stereocenters. The molecule has 8 nitrogen and oxygen atoms in total. The maximum atomic E-state index is 12.9. The maximum absolute atomic E-state index is 12.9. The van der Waals surface area contributed by atoms with E-state index in [0.29, 0.717) is 23.9 Å². The van der Waals surface area contributed by atoms with Crippen molar-refractivity contribution >= 4 is 13.7 Å². The minimum Gasteiger partial charge on any atom is -0.756 e. The first-order valence-electron chi connectivity index (χ1n) is 27.7. The van der Waals surface area contributed by atoms with Gasteiger partial charge < -0.3 is 28.8 Å². The minimum atomic E-state index is -4.56. The normalized spacial score (nSPS) is 14.2. The van der Waals surface area contributed by atoms with Crippen LogP contribution in [0.15, 0.2) is 24.3 Å². The van der Waals surface area contributed by atoms with Gasteiger partial charge in [0.1, 0.15) is 13.2 Å². The zero-order valence-corrected chi connectivity index (χ0v) is 44.1. The number of rotatable bonds is 51. The second-order valence-corrected chi connectivity index (χ2v) is 21.7. The molecule has 0 radical (unpaired) electrons. The van der Waals surface area contributed by atoms with Crippen LogP contribution in [-0.4, -0.2) is 68.5 Å². The first-order valence-corrected chi connectivity index (χ1v) is 29.1. The van der Waals surface area contributed by atoms with Gasteiger partial charge in [-0.3, -0.25) is 9.36 Å². The molecule has 2 N–H and O–H groups in total. The van der Waals surface area contributed by atoms with Gasteiger partial charge in [-0.1, -0.05) is 244 Å². The van der Waals surface area contributed by atoms with Crippen molar-refractivity contribution in [2.75, 3.05) is 40.9 Å². The first-order chi connectivity index (χ1) is 31.0. The molecular weight excluding hydrogens is 816 g/mol. The Kier molecular flexibility index (Phi) is 46.3. The SMILES string of the molecule is CCCCCCCCCCC/C=C\C/C=C\CCCCCCCCCCCCCCCCCCCC(=O)NC(COP(=O)([O-])OCC[N+](C)(C)C)C(O)CCCCCCCCCCC. The van der Waals surface area contributed by atoms with Gasteiger partial charge in [-0.2, -0.15) is 0 Å². The van der Waals surface area contributed by atoms with Crippen LogP contribution >= 0.6 is 7.82 Å². The second kappa shape index (κ2) is 47.1. The van der Waals surface area contributed by atoms with Crippen LogP contribution < -0.4 is 10.2 Å². The number of nitrogens with zero attached hydrogens (tertiary/aromatic N) is 1. The standard InChI is InChI=1S/C55H109N2O6P/c1-6-8-10-12-14-16-17-18-19-20-21-22-23-24-25-26-27-28-29-30-31-32-33-34-35-36-37-38-39-41-43-45-47-49-55(59)56-53(52-63-64(60,61)62-51-50-57(3,4)5)54(58)48-46-44-42-40-15-13-11-9-7-2/h21-22,24-25,53-54,58H,6-20,23,26-52H2,1-5H3,(H-,56,59,60,61)/b22-21-,25-24-. The lowest BCUT2D eigenvalue weighted by Crippen LogP contribution is -2.46. The number of likely N-dealkylation sites (N-methyl/N-ethyl adjacent to an activating group) is 1. The zero-order chi connectivity index (χ0) is 47.1. The predicted octanol–water partition coefficient (Wildman–Crippen LogP) is 15.8. The van der Waals surface area contributed by atoms with Crippen LogP contribution in [0.4, 0.5) is 0 Å². The highest BCUT2D eigenvalue weighted by Crippen LogP contribution is 2.38. The number of nitrogens with one attached hydrogen (secondary N) is 1. The van der Waals surface area contributed by atoms with E-state index in [2.05, 4.69) is 43.5 Å². The van der Waals surface area contributed by atoms with Crippen LogP contribution in [0.5, 0.6) is 0 Å². The van der Waals surface area contributed by atoms with Gasteiger partial charge in [-0.25, -0.2) is 0 Å². The van der Waals surface area contributed by atoms with Crippen molar-refractivity contribution in [2.24, 2.45) is 0 Å². The quantitative estimate of drug-likeness (QED) is 0.0272. The lowest BCUT2D eigenvalue weighted by atomic mass is 10.0. The van der Waals surface area contributed by atoms with Crippen LogP contribution in [0.3, 0.4) is 0 Å². The van der Waals surface area contributed by atoms with E-state index in [9.17, 15) is 19.4 Å². The molecule has 0 aliphatic heterocycles. The van der Waals surface area contributed by atoms with Crippen molar-refractivity contribution < 1.29 is 32.9 Å². The maximum Gasteiger partial charge on any atom is 0.268 e. The summed E-state index contributed by atoms with van der Waals surface area (Å²) in [5.41, 5.74) is 0. The van der Waals surface area contributed by atoms with Gasteiger partial charge in [-0.15, -0.1) is 0 Å². The Balaban J connectivity index is 3.90. The number of carbonyl (C=O) groups excluding carboxylic acids is 1. The van der Waals surface area contributed by atoms with Crippen molar-refractivity contribution in [3.05, 3.63) is 24.3 Å². The average Bonchev–Trinajstić information content (AvgIpc) is 3.25. The highest BCUT2D eigenvalue weighted by Gasteiger charge is 2.24. The van der Waals surface area contributed by atoms with E-state index >= 15 is 0 Å². The van der Waals surface area contributed by atoms with Gasteiger partial charge in [0, 0.05) is 6.42 Å². The average molecular weight is 925 g/mol. The van der Waals surface area contributed by atoms with Crippen molar-refractivity contribution in [3.8, 4) is 0 Å². The Morgan fingerprint density at radius 1 is 0.547 bits per heavy atom. The molecule has 9 heteroatoms. The molecule has 0 aliphatic carbocycles. The van der Waals surface area contributed by atoms with E-state index in [-0.39, 0.29) is 19.1 Å². The number of carbonyl (C=O) groups is 1. The summed E-state index contributed by atoms with van der Waals surface area (Å²) < 4.78 is 23.3. The van der Waals surface area contributed by atoms with Crippen LogP contribution in [0.25, 0.3) is 0 Å². The number of hydrogen-bond acceptors (Lipinski definition) is 6. The number of phosphoric ester groups is 1. The smallest absolute Gasteiger partial charge is 0.268 e. The lowest BCUT2D eigenvalue weighted by molar-refractivity contribution is -0.870. The molecule has 0 rings (SSSR count). The zero-order valence-electron chi connectivity index (χ0n) is 43.3. The fourth-order valence-corrected chi connectivity index (χ4v) is 9.03. The Hall–Kier alpha value is -1.02. The molecule has 0 heterocycles. The van der Waals surface area contributed by atoms with Gasteiger partial charge in [0.05, 0.1) is 39.9 Å². The number of aliphatic hydroxyl groups excluding tert-OH is 1. The van der Waals surface area contributed by atoms with E-state index in [1.807, 2.05) is 21.1 Å². The van der Waals surface area contributed by atoms with Crippen molar-refractivity contribution in [1.29, 1.82) is 0 Å². The summed E-state index contributed by atoms with van der Waals surface area (Å²) in [4.78, 5) is 25.4. The Morgan fingerprint density at radius 2 is 0.906 bits per heavy atom. The number of phosphoric acid groups is 1.